The molecule has 0 aliphatic rings. The zero-order valence-corrected chi connectivity index (χ0v) is 18.2. The molecule has 0 radical (unpaired) electrons. The van der Waals surface area contributed by atoms with E-state index in [4.69, 9.17) is 0 Å². The molecule has 4 aromatic rings. The minimum Gasteiger partial charge on any atom is -0.760 e. The normalized spacial score (nSPS) is 12.1. The molecule has 0 saturated carbocycles. The van der Waals surface area contributed by atoms with Crippen LogP contribution in [0.1, 0.15) is 11.3 Å². The number of nitrogens with one attached hydrogen (secondary N) is 4. The van der Waals surface area contributed by atoms with Crippen molar-refractivity contribution in [2.45, 2.75) is 13.5 Å². The number of aromatic nitrogens is 4. The zero-order valence-electron chi connectivity index (χ0n) is 15.8. The standard InChI is InChI=1S/C19H18BrN7O2S/c1-11-14-8-13(6-7-17(14)27-26-11)23-19-21-10-15(20)18(25-19)24-16-5-3-2-4-12(16)9-22-30(28)29/h2-8,10,22H,9H2,1H3,(H,26,27)(H,28,29)(H2,21,23,24,25)/p-1. The smallest absolute Gasteiger partial charge is 0.229 e. The lowest BCUT2D eigenvalue weighted by atomic mass is 10.2. The Labute approximate surface area is 183 Å². The number of nitrogens with zero attached hydrogens (tertiary/aromatic N) is 3. The number of hydrogen-bond donors (Lipinski definition) is 4. The summed E-state index contributed by atoms with van der Waals surface area (Å²) in [6.07, 6.45) is 1.65. The maximum absolute atomic E-state index is 10.8. The van der Waals surface area contributed by atoms with Gasteiger partial charge < -0.3 is 15.2 Å². The van der Waals surface area contributed by atoms with Crippen molar-refractivity contribution in [2.24, 2.45) is 0 Å². The van der Waals surface area contributed by atoms with Crippen molar-refractivity contribution in [3.05, 3.63) is 64.4 Å². The van der Waals surface area contributed by atoms with Gasteiger partial charge in [-0.25, -0.2) is 9.71 Å². The highest BCUT2D eigenvalue weighted by molar-refractivity contribution is 9.10. The van der Waals surface area contributed by atoms with Crippen LogP contribution in [0.4, 0.5) is 23.1 Å². The maximum Gasteiger partial charge on any atom is 0.229 e. The average molecular weight is 487 g/mol. The summed E-state index contributed by atoms with van der Waals surface area (Å²) in [5.74, 6) is 0.959. The number of halogens is 1. The first-order chi connectivity index (χ1) is 14.5. The van der Waals surface area contributed by atoms with Crippen LogP contribution in [-0.2, 0) is 17.8 Å². The van der Waals surface area contributed by atoms with Crippen LogP contribution < -0.4 is 15.4 Å². The van der Waals surface area contributed by atoms with E-state index in [1.807, 2.05) is 49.4 Å². The fourth-order valence-corrected chi connectivity index (χ4v) is 3.48. The molecule has 0 aliphatic heterocycles. The van der Waals surface area contributed by atoms with Crippen LogP contribution >= 0.6 is 15.9 Å². The first kappa shape index (κ1) is 20.4. The minimum atomic E-state index is -2.34. The molecule has 2 heterocycles. The van der Waals surface area contributed by atoms with Gasteiger partial charge in [-0.3, -0.25) is 9.31 Å². The summed E-state index contributed by atoms with van der Waals surface area (Å²) < 4.78 is 24.7. The van der Waals surface area contributed by atoms with Crippen molar-refractivity contribution in [3.63, 3.8) is 0 Å². The number of anilines is 4. The Hall–Kier alpha value is -2.86. The molecule has 0 amide bonds. The quantitative estimate of drug-likeness (QED) is 0.292. The zero-order chi connectivity index (χ0) is 21.1. The molecule has 1 atom stereocenters. The number of H-pyrrole nitrogens is 1. The van der Waals surface area contributed by atoms with Gasteiger partial charge in [-0.2, -0.15) is 10.1 Å². The Morgan fingerprint density at radius 1 is 1.20 bits per heavy atom. The van der Waals surface area contributed by atoms with Crippen molar-refractivity contribution in [1.82, 2.24) is 24.9 Å². The van der Waals surface area contributed by atoms with E-state index in [2.05, 4.69) is 51.5 Å². The van der Waals surface area contributed by atoms with Gasteiger partial charge in [0, 0.05) is 46.5 Å². The van der Waals surface area contributed by atoms with Crippen molar-refractivity contribution in [1.29, 1.82) is 0 Å². The van der Waals surface area contributed by atoms with E-state index in [1.54, 1.807) is 6.20 Å². The van der Waals surface area contributed by atoms with Crippen LogP contribution in [0.5, 0.6) is 0 Å². The van der Waals surface area contributed by atoms with Crippen LogP contribution in [0, 0.1) is 6.92 Å². The number of fused-ring (bicyclic) bond motifs is 1. The summed E-state index contributed by atoms with van der Waals surface area (Å²) in [4.78, 5) is 8.87. The Morgan fingerprint density at radius 3 is 2.87 bits per heavy atom. The third kappa shape index (κ3) is 4.65. The molecule has 0 spiro atoms. The molecular formula is C19H17BrN7O2S-. The summed E-state index contributed by atoms with van der Waals surface area (Å²) in [6, 6.07) is 13.2. The van der Waals surface area contributed by atoms with E-state index in [9.17, 15) is 8.76 Å². The van der Waals surface area contributed by atoms with Crippen molar-refractivity contribution < 1.29 is 8.76 Å². The van der Waals surface area contributed by atoms with E-state index in [0.717, 1.165) is 33.5 Å². The van der Waals surface area contributed by atoms with Gasteiger partial charge in [0.25, 0.3) is 0 Å². The van der Waals surface area contributed by atoms with Gasteiger partial charge in [0.05, 0.1) is 9.99 Å². The molecule has 1 unspecified atom stereocenters. The fourth-order valence-electron chi connectivity index (χ4n) is 2.92. The molecule has 0 bridgehead atoms. The molecule has 9 nitrogen and oxygen atoms in total. The number of benzene rings is 2. The van der Waals surface area contributed by atoms with Gasteiger partial charge in [0.1, 0.15) is 5.82 Å². The lowest BCUT2D eigenvalue weighted by Gasteiger charge is -2.14. The maximum atomic E-state index is 10.8. The Bertz CT molecular complexity index is 1230. The number of aromatic amines is 1. The predicted octanol–water partition coefficient (Wildman–Crippen LogP) is 3.79. The first-order valence-corrected chi connectivity index (χ1v) is 10.8. The first-order valence-electron chi connectivity index (χ1n) is 8.91. The molecule has 0 fully saturated rings. The summed E-state index contributed by atoms with van der Waals surface area (Å²) in [5, 5.41) is 14.6. The number of para-hydroxylation sites is 1. The highest BCUT2D eigenvalue weighted by Crippen LogP contribution is 2.28. The summed E-state index contributed by atoms with van der Waals surface area (Å²) >= 11 is 1.12. The van der Waals surface area contributed by atoms with Crippen LogP contribution in [-0.4, -0.2) is 28.9 Å². The molecule has 4 rings (SSSR count). The van der Waals surface area contributed by atoms with Crippen LogP contribution in [0.2, 0.25) is 0 Å². The molecule has 0 aliphatic carbocycles. The van der Waals surface area contributed by atoms with Crippen molar-refractivity contribution in [2.75, 3.05) is 10.6 Å². The largest absolute Gasteiger partial charge is 0.760 e. The van der Waals surface area contributed by atoms with E-state index < -0.39 is 11.3 Å². The highest BCUT2D eigenvalue weighted by Gasteiger charge is 2.10. The molecular weight excluding hydrogens is 470 g/mol. The van der Waals surface area contributed by atoms with E-state index in [1.165, 1.54) is 0 Å². The predicted molar refractivity (Wildman–Crippen MR) is 119 cm³/mol. The second kappa shape index (κ2) is 8.88. The van der Waals surface area contributed by atoms with Crippen LogP contribution in [0.15, 0.2) is 53.1 Å². The van der Waals surface area contributed by atoms with Gasteiger partial charge in [-0.05, 0) is 52.7 Å². The minimum absolute atomic E-state index is 0.164. The summed E-state index contributed by atoms with van der Waals surface area (Å²) in [5.41, 5.74) is 4.22. The van der Waals surface area contributed by atoms with Gasteiger partial charge in [0.15, 0.2) is 0 Å². The van der Waals surface area contributed by atoms with Crippen LogP contribution in [0.3, 0.4) is 0 Å². The van der Waals surface area contributed by atoms with Gasteiger partial charge in [-0.15, -0.1) is 0 Å². The molecule has 30 heavy (non-hydrogen) atoms. The van der Waals surface area contributed by atoms with E-state index in [0.29, 0.717) is 16.2 Å². The fraction of sp³-hybridized carbons (Fsp3) is 0.105. The second-order valence-corrected chi connectivity index (χ2v) is 8.05. The molecule has 11 heteroatoms. The summed E-state index contributed by atoms with van der Waals surface area (Å²) in [6.45, 7) is 2.13. The number of rotatable bonds is 7. The molecule has 2 aromatic carbocycles. The Kier molecular flexibility index (Phi) is 6.04. The number of hydrogen-bond acceptors (Lipinski definition) is 7. The topological polar surface area (TPSA) is 131 Å². The van der Waals surface area contributed by atoms with Crippen molar-refractivity contribution in [3.8, 4) is 0 Å². The summed E-state index contributed by atoms with van der Waals surface area (Å²) in [7, 11) is 0. The molecule has 4 N–H and O–H groups in total. The third-order valence-electron chi connectivity index (χ3n) is 4.40. The van der Waals surface area contributed by atoms with Crippen molar-refractivity contribution >= 4 is 61.2 Å². The lowest BCUT2D eigenvalue weighted by molar-refractivity contribution is 0.522. The second-order valence-electron chi connectivity index (χ2n) is 6.43. The Balaban J connectivity index is 1.58. The van der Waals surface area contributed by atoms with Gasteiger partial charge in [-0.1, -0.05) is 18.2 Å². The number of aryl methyl sites for hydroxylation is 1. The van der Waals surface area contributed by atoms with E-state index in [-0.39, 0.29) is 6.54 Å². The molecule has 154 valence electrons. The highest BCUT2D eigenvalue weighted by atomic mass is 79.9. The molecule has 2 aromatic heterocycles. The third-order valence-corrected chi connectivity index (χ3v) is 5.36. The SMILES string of the molecule is Cc1[nH]nc2ccc(Nc3ncc(Br)c(Nc4ccccc4CNS(=O)[O-])n3)cc12. The van der Waals surface area contributed by atoms with Gasteiger partial charge >= 0.3 is 0 Å². The van der Waals surface area contributed by atoms with E-state index >= 15 is 0 Å². The lowest BCUT2D eigenvalue weighted by Crippen LogP contribution is -2.16. The monoisotopic (exact) mass is 486 g/mol. The average Bonchev–Trinajstić information content (AvgIpc) is 3.10. The Morgan fingerprint density at radius 2 is 2.03 bits per heavy atom. The molecule has 0 saturated heterocycles. The van der Waals surface area contributed by atoms with Gasteiger partial charge in [0.2, 0.25) is 5.95 Å². The van der Waals surface area contributed by atoms with Crippen LogP contribution in [0.25, 0.3) is 10.9 Å².